The zero-order valence-electron chi connectivity index (χ0n) is 5.78. The highest BCUT2D eigenvalue weighted by molar-refractivity contribution is 5.66. The van der Waals surface area contributed by atoms with Crippen molar-refractivity contribution in [1.82, 2.24) is 4.98 Å². The standard InChI is InChI=1S/C6H8N2O3/c7-6-8-4(3-11-6)1-2-5(9)10/h3H,1-2H2,(H2,7,8)(H,9,10). The lowest BCUT2D eigenvalue weighted by molar-refractivity contribution is -0.136. The summed E-state index contributed by atoms with van der Waals surface area (Å²) >= 11 is 0. The zero-order chi connectivity index (χ0) is 8.27. The summed E-state index contributed by atoms with van der Waals surface area (Å²) in [5.41, 5.74) is 5.73. The maximum atomic E-state index is 10.1. The number of aromatic nitrogens is 1. The predicted octanol–water partition coefficient (Wildman–Crippen LogP) is 0.274. The highest BCUT2D eigenvalue weighted by atomic mass is 16.4. The molecule has 5 nitrogen and oxygen atoms in total. The first-order valence-electron chi connectivity index (χ1n) is 3.10. The minimum atomic E-state index is -0.855. The van der Waals surface area contributed by atoms with Gasteiger partial charge in [-0.25, -0.2) is 0 Å². The van der Waals surface area contributed by atoms with Crippen LogP contribution in [-0.4, -0.2) is 16.1 Å². The molecule has 60 valence electrons. The Kier molecular flexibility index (Phi) is 2.10. The molecule has 0 aliphatic heterocycles. The van der Waals surface area contributed by atoms with Crippen LogP contribution in [0.15, 0.2) is 10.7 Å². The van der Waals surface area contributed by atoms with Crippen LogP contribution in [0.1, 0.15) is 12.1 Å². The summed E-state index contributed by atoms with van der Waals surface area (Å²) in [4.78, 5) is 13.8. The number of aryl methyl sites for hydroxylation is 1. The number of aliphatic carboxylic acids is 1. The van der Waals surface area contributed by atoms with Gasteiger partial charge in [-0.15, -0.1) is 0 Å². The number of carboxylic acid groups (broad SMARTS) is 1. The van der Waals surface area contributed by atoms with E-state index in [9.17, 15) is 4.79 Å². The van der Waals surface area contributed by atoms with Gasteiger partial charge in [0.15, 0.2) is 0 Å². The van der Waals surface area contributed by atoms with Crippen LogP contribution in [0.3, 0.4) is 0 Å². The first-order valence-corrected chi connectivity index (χ1v) is 3.10. The number of anilines is 1. The summed E-state index contributed by atoms with van der Waals surface area (Å²) in [5.74, 6) is -0.855. The predicted molar refractivity (Wildman–Crippen MR) is 36.9 cm³/mol. The minimum absolute atomic E-state index is 0.0476. The normalized spacial score (nSPS) is 9.82. The first-order chi connectivity index (χ1) is 5.18. The Morgan fingerprint density at radius 2 is 2.55 bits per heavy atom. The van der Waals surface area contributed by atoms with Crippen LogP contribution in [0.5, 0.6) is 0 Å². The van der Waals surface area contributed by atoms with Crippen molar-refractivity contribution in [3.8, 4) is 0 Å². The quantitative estimate of drug-likeness (QED) is 0.655. The second-order valence-electron chi connectivity index (χ2n) is 2.07. The second-order valence-corrected chi connectivity index (χ2v) is 2.07. The molecule has 0 bridgehead atoms. The molecule has 0 aromatic carbocycles. The van der Waals surface area contributed by atoms with Crippen molar-refractivity contribution in [2.45, 2.75) is 12.8 Å². The monoisotopic (exact) mass is 156 g/mol. The van der Waals surface area contributed by atoms with Gasteiger partial charge in [0.25, 0.3) is 6.01 Å². The number of rotatable bonds is 3. The summed E-state index contributed by atoms with van der Waals surface area (Å²) in [7, 11) is 0. The molecule has 0 atom stereocenters. The Hall–Kier alpha value is -1.52. The second kappa shape index (κ2) is 3.05. The van der Waals surface area contributed by atoms with Crippen LogP contribution in [0.2, 0.25) is 0 Å². The van der Waals surface area contributed by atoms with Crippen LogP contribution in [0, 0.1) is 0 Å². The average Bonchev–Trinajstić information content (AvgIpc) is 2.31. The zero-order valence-corrected chi connectivity index (χ0v) is 5.78. The fraction of sp³-hybridized carbons (Fsp3) is 0.333. The number of hydrogen-bond donors (Lipinski definition) is 2. The van der Waals surface area contributed by atoms with E-state index in [1.165, 1.54) is 6.26 Å². The Morgan fingerprint density at radius 3 is 3.00 bits per heavy atom. The van der Waals surface area contributed by atoms with Gasteiger partial charge >= 0.3 is 5.97 Å². The van der Waals surface area contributed by atoms with Crippen LogP contribution < -0.4 is 5.73 Å². The number of nitrogen functional groups attached to an aromatic ring is 1. The number of nitrogens with two attached hydrogens (primary N) is 1. The van der Waals surface area contributed by atoms with Crippen molar-refractivity contribution in [1.29, 1.82) is 0 Å². The largest absolute Gasteiger partial charge is 0.481 e. The van der Waals surface area contributed by atoms with Crippen LogP contribution in [0.25, 0.3) is 0 Å². The van der Waals surface area contributed by atoms with Gasteiger partial charge in [0, 0.05) is 6.42 Å². The summed E-state index contributed by atoms with van der Waals surface area (Å²) < 4.78 is 4.67. The molecule has 0 saturated carbocycles. The van der Waals surface area contributed by atoms with Crippen molar-refractivity contribution in [2.24, 2.45) is 0 Å². The van der Waals surface area contributed by atoms with Crippen molar-refractivity contribution in [3.05, 3.63) is 12.0 Å². The highest BCUT2D eigenvalue weighted by Crippen LogP contribution is 2.04. The lowest BCUT2D eigenvalue weighted by atomic mass is 10.2. The SMILES string of the molecule is Nc1nc(CCC(=O)O)co1. The van der Waals surface area contributed by atoms with Gasteiger partial charge in [0.1, 0.15) is 6.26 Å². The molecule has 0 saturated heterocycles. The molecule has 11 heavy (non-hydrogen) atoms. The van der Waals surface area contributed by atoms with Gasteiger partial charge in [-0.1, -0.05) is 0 Å². The van der Waals surface area contributed by atoms with Crippen molar-refractivity contribution in [2.75, 3.05) is 5.73 Å². The molecule has 0 amide bonds. The molecular formula is C6H8N2O3. The lowest BCUT2D eigenvalue weighted by Crippen LogP contribution is -1.97. The molecule has 1 aromatic rings. The van der Waals surface area contributed by atoms with Crippen molar-refractivity contribution < 1.29 is 14.3 Å². The molecule has 1 aromatic heterocycles. The molecule has 1 heterocycles. The number of carbonyl (C=O) groups is 1. The Bertz CT molecular complexity index is 256. The number of hydrogen-bond acceptors (Lipinski definition) is 4. The van der Waals surface area contributed by atoms with E-state index in [0.717, 1.165) is 0 Å². The summed E-state index contributed by atoms with van der Waals surface area (Å²) in [6.45, 7) is 0. The van der Waals surface area contributed by atoms with Crippen molar-refractivity contribution >= 4 is 12.0 Å². The lowest BCUT2D eigenvalue weighted by Gasteiger charge is -1.87. The first kappa shape index (κ1) is 7.59. The van der Waals surface area contributed by atoms with Gasteiger partial charge in [0.05, 0.1) is 12.1 Å². The molecule has 0 fully saturated rings. The number of oxazole rings is 1. The van der Waals surface area contributed by atoms with E-state index in [1.54, 1.807) is 0 Å². The molecule has 0 aliphatic rings. The Labute approximate surface area is 62.8 Å². The fourth-order valence-corrected chi connectivity index (χ4v) is 0.672. The highest BCUT2D eigenvalue weighted by Gasteiger charge is 2.02. The van der Waals surface area contributed by atoms with Gasteiger partial charge in [-0.3, -0.25) is 4.79 Å². The van der Waals surface area contributed by atoms with Gasteiger partial charge in [0.2, 0.25) is 0 Å². The molecular weight excluding hydrogens is 148 g/mol. The van der Waals surface area contributed by atoms with Crippen molar-refractivity contribution in [3.63, 3.8) is 0 Å². The average molecular weight is 156 g/mol. The van der Waals surface area contributed by atoms with Gasteiger partial charge < -0.3 is 15.3 Å². The van der Waals surface area contributed by atoms with Crippen LogP contribution in [-0.2, 0) is 11.2 Å². The van der Waals surface area contributed by atoms with Gasteiger partial charge in [-0.2, -0.15) is 4.98 Å². The third-order valence-electron chi connectivity index (χ3n) is 1.16. The minimum Gasteiger partial charge on any atom is -0.481 e. The van der Waals surface area contributed by atoms with Crippen LogP contribution in [0.4, 0.5) is 6.01 Å². The van der Waals surface area contributed by atoms with E-state index in [2.05, 4.69) is 9.40 Å². The molecule has 0 unspecified atom stereocenters. The molecule has 3 N–H and O–H groups in total. The fourth-order valence-electron chi connectivity index (χ4n) is 0.672. The maximum Gasteiger partial charge on any atom is 0.303 e. The van der Waals surface area contributed by atoms with Crippen LogP contribution >= 0.6 is 0 Å². The molecule has 0 radical (unpaired) electrons. The van der Waals surface area contributed by atoms with Gasteiger partial charge in [-0.05, 0) is 0 Å². The third-order valence-corrected chi connectivity index (χ3v) is 1.16. The topological polar surface area (TPSA) is 89.3 Å². The van der Waals surface area contributed by atoms with E-state index < -0.39 is 5.97 Å². The molecule has 1 rings (SSSR count). The van der Waals surface area contributed by atoms with E-state index in [0.29, 0.717) is 12.1 Å². The summed E-state index contributed by atoms with van der Waals surface area (Å²) in [6, 6.07) is 0.0744. The molecule has 0 spiro atoms. The third kappa shape index (κ3) is 2.29. The smallest absolute Gasteiger partial charge is 0.303 e. The maximum absolute atomic E-state index is 10.1. The Morgan fingerprint density at radius 1 is 1.82 bits per heavy atom. The van der Waals surface area contributed by atoms with E-state index >= 15 is 0 Å². The molecule has 0 aliphatic carbocycles. The number of nitrogens with zero attached hydrogens (tertiary/aromatic N) is 1. The Balaban J connectivity index is 2.45. The molecule has 5 heteroatoms. The summed E-state index contributed by atoms with van der Waals surface area (Å²) in [5, 5.41) is 8.29. The van der Waals surface area contributed by atoms with E-state index in [-0.39, 0.29) is 12.4 Å². The van der Waals surface area contributed by atoms with E-state index in [1.807, 2.05) is 0 Å². The number of carboxylic acids is 1. The summed E-state index contributed by atoms with van der Waals surface area (Å²) in [6.07, 6.45) is 1.76. The van der Waals surface area contributed by atoms with E-state index in [4.69, 9.17) is 10.8 Å².